The van der Waals surface area contributed by atoms with Crippen LogP contribution in [0, 0.1) is 0 Å². The summed E-state index contributed by atoms with van der Waals surface area (Å²) >= 11 is 0. The molecule has 3 rings (SSSR count). The molecule has 0 aliphatic carbocycles. The number of hydrogen-bond donors (Lipinski definition) is 2. The number of aromatic nitrogens is 2. The van der Waals surface area contributed by atoms with Crippen molar-refractivity contribution in [3.05, 3.63) is 87.9 Å². The minimum atomic E-state index is -0.714. The number of ketones is 1. The van der Waals surface area contributed by atoms with Gasteiger partial charge in [0.1, 0.15) is 0 Å². The van der Waals surface area contributed by atoms with Crippen LogP contribution in [0.15, 0.2) is 70.0 Å². The molecule has 3 aromatic rings. The van der Waals surface area contributed by atoms with Gasteiger partial charge < -0.3 is 0 Å². The number of rotatable bonds is 5. The fourth-order valence-corrected chi connectivity index (χ4v) is 2.07. The third kappa shape index (κ3) is 2.80. The molecule has 0 saturated carbocycles. The van der Waals surface area contributed by atoms with E-state index in [1.165, 1.54) is 4.79 Å². The quantitative estimate of drug-likeness (QED) is 0.548. The van der Waals surface area contributed by atoms with Gasteiger partial charge in [0.2, 0.25) is 0 Å². The van der Waals surface area contributed by atoms with Gasteiger partial charge in [0.15, 0.2) is 0 Å². The monoisotopic (exact) mass is 296 g/mol. The van der Waals surface area contributed by atoms with Crippen LogP contribution in [-0.2, 0) is 6.54 Å². The van der Waals surface area contributed by atoms with Gasteiger partial charge in [-0.3, -0.25) is 9.32 Å². The molecule has 2 N–H and O–H groups in total. The number of carbonyl (C=O) groups excluding carboxylic acids is 1. The Morgan fingerprint density at radius 2 is 1.68 bits per heavy atom. The molecule has 0 radical (unpaired) electrons. The van der Waals surface area contributed by atoms with Gasteiger partial charge in [0.25, 0.3) is 5.78 Å². The van der Waals surface area contributed by atoms with E-state index in [0.29, 0.717) is 12.1 Å². The summed E-state index contributed by atoms with van der Waals surface area (Å²) in [6.45, 7) is 0.441. The number of H-pyrrole nitrogens is 1. The number of aromatic amines is 1. The van der Waals surface area contributed by atoms with E-state index in [0.717, 1.165) is 5.56 Å². The van der Waals surface area contributed by atoms with Gasteiger partial charge in [-0.05, 0) is 5.56 Å². The van der Waals surface area contributed by atoms with Crippen molar-refractivity contribution in [3.63, 3.8) is 0 Å². The third-order valence-electron chi connectivity index (χ3n) is 3.18. The van der Waals surface area contributed by atoms with Gasteiger partial charge in [0, 0.05) is 15.6 Å². The second-order valence-electron chi connectivity index (χ2n) is 4.68. The van der Waals surface area contributed by atoms with E-state index >= 15 is 0 Å². The molecule has 0 fully saturated rings. The summed E-state index contributed by atoms with van der Waals surface area (Å²) in [6, 6.07) is 18.2. The Kier molecular flexibility index (Phi) is 3.82. The van der Waals surface area contributed by atoms with Gasteiger partial charge in [-0.25, -0.2) is 4.79 Å². The fraction of sp³-hybridized carbons (Fsp3) is 0.0625. The lowest BCUT2D eigenvalue weighted by Gasteiger charge is -1.99. The largest absolute Gasteiger partial charge is 0.442 e. The Bertz CT molecular complexity index is 823. The highest BCUT2D eigenvalue weighted by atomic mass is 16.5. The molecule has 0 unspecified atom stereocenters. The molecule has 6 heteroatoms. The maximum Gasteiger partial charge on any atom is 0.442 e. The highest BCUT2D eigenvalue weighted by Gasteiger charge is 2.30. The molecule has 0 aliphatic heterocycles. The van der Waals surface area contributed by atoms with Crippen LogP contribution in [0.25, 0.3) is 0 Å². The molecule has 0 atom stereocenters. The van der Waals surface area contributed by atoms with Gasteiger partial charge in [-0.2, -0.15) is 5.43 Å². The standard InChI is InChI=1S/C16H13N3O3/c20-15(13-9-5-2-6-10-13)14-16(21)22-18-19(14)17-11-12-7-3-1-4-8-12/h1-10H,11H2,(H-,17,18,20,21)/p+1. The van der Waals surface area contributed by atoms with Crippen LogP contribution in [-0.4, -0.2) is 11.1 Å². The second-order valence-corrected chi connectivity index (χ2v) is 4.68. The van der Waals surface area contributed by atoms with Crippen LogP contribution in [0.5, 0.6) is 0 Å². The van der Waals surface area contributed by atoms with E-state index in [1.807, 2.05) is 30.3 Å². The average Bonchev–Trinajstić information content (AvgIpc) is 2.95. The van der Waals surface area contributed by atoms with Gasteiger partial charge in [0.05, 0.1) is 6.54 Å². The molecular formula is C16H14N3O3+. The van der Waals surface area contributed by atoms with Gasteiger partial charge in [-0.15, -0.1) is 0 Å². The van der Waals surface area contributed by atoms with Crippen molar-refractivity contribution in [1.29, 1.82) is 0 Å². The molecule has 0 saturated heterocycles. The molecule has 0 bridgehead atoms. The van der Waals surface area contributed by atoms with Crippen molar-refractivity contribution in [2.45, 2.75) is 6.54 Å². The first-order valence-corrected chi connectivity index (χ1v) is 6.77. The van der Waals surface area contributed by atoms with E-state index in [4.69, 9.17) is 4.52 Å². The molecule has 0 aliphatic rings. The average molecular weight is 296 g/mol. The molecule has 0 amide bonds. The smallest absolute Gasteiger partial charge is 0.281 e. The summed E-state index contributed by atoms with van der Waals surface area (Å²) in [6.07, 6.45) is 0. The number of nitrogens with one attached hydrogen (secondary N) is 2. The van der Waals surface area contributed by atoms with E-state index < -0.39 is 11.4 Å². The Labute approximate surface area is 125 Å². The lowest BCUT2D eigenvalue weighted by atomic mass is 10.1. The molecule has 22 heavy (non-hydrogen) atoms. The Balaban J connectivity index is 1.85. The zero-order chi connectivity index (χ0) is 15.4. The van der Waals surface area contributed by atoms with Crippen molar-refractivity contribution in [1.82, 2.24) is 5.27 Å². The zero-order valence-corrected chi connectivity index (χ0v) is 11.7. The van der Waals surface area contributed by atoms with Crippen molar-refractivity contribution in [2.24, 2.45) is 0 Å². The summed E-state index contributed by atoms with van der Waals surface area (Å²) in [7, 11) is 0. The van der Waals surface area contributed by atoms with Crippen molar-refractivity contribution in [3.8, 4) is 0 Å². The molecule has 2 aromatic carbocycles. The zero-order valence-electron chi connectivity index (χ0n) is 11.7. The molecule has 1 aromatic heterocycles. The number of hydrogen-bond acceptors (Lipinski definition) is 4. The predicted octanol–water partition coefficient (Wildman–Crippen LogP) is 1.23. The molecular weight excluding hydrogens is 282 g/mol. The molecule has 110 valence electrons. The predicted molar refractivity (Wildman–Crippen MR) is 78.9 cm³/mol. The summed E-state index contributed by atoms with van der Waals surface area (Å²) in [4.78, 5) is 25.4. The van der Waals surface area contributed by atoms with E-state index in [2.05, 4.69) is 10.7 Å². The van der Waals surface area contributed by atoms with Crippen LogP contribution in [0.3, 0.4) is 0 Å². The van der Waals surface area contributed by atoms with E-state index in [1.54, 1.807) is 30.3 Å². The SMILES string of the molecule is O=C(c1ccccc1)c1c(=O)o[nH][n+]1NCc1ccccc1. The van der Waals surface area contributed by atoms with Crippen LogP contribution >= 0.6 is 0 Å². The number of nitrogens with zero attached hydrogens (tertiary/aromatic N) is 1. The Hall–Kier alpha value is -3.15. The minimum Gasteiger partial charge on any atom is -0.281 e. The van der Waals surface area contributed by atoms with E-state index in [-0.39, 0.29) is 5.69 Å². The second kappa shape index (κ2) is 6.09. The van der Waals surface area contributed by atoms with Crippen LogP contribution in [0.1, 0.15) is 21.6 Å². The maximum atomic E-state index is 12.4. The maximum absolute atomic E-state index is 12.4. The first kappa shape index (κ1) is 13.8. The normalized spacial score (nSPS) is 10.4. The van der Waals surface area contributed by atoms with Crippen LogP contribution < -0.4 is 15.8 Å². The Morgan fingerprint density at radius 3 is 2.36 bits per heavy atom. The molecule has 0 spiro atoms. The molecule has 1 heterocycles. The summed E-state index contributed by atoms with van der Waals surface area (Å²) in [5.74, 6) is -0.406. The third-order valence-corrected chi connectivity index (χ3v) is 3.18. The first-order valence-electron chi connectivity index (χ1n) is 6.77. The van der Waals surface area contributed by atoms with Crippen LogP contribution in [0.4, 0.5) is 0 Å². The molecule has 6 nitrogen and oxygen atoms in total. The minimum absolute atomic E-state index is 0.0952. The summed E-state index contributed by atoms with van der Waals surface area (Å²) < 4.78 is 4.73. The van der Waals surface area contributed by atoms with Crippen LogP contribution in [0.2, 0.25) is 0 Å². The number of carbonyl (C=O) groups is 1. The Morgan fingerprint density at radius 1 is 1.05 bits per heavy atom. The van der Waals surface area contributed by atoms with Crippen molar-refractivity contribution in [2.75, 3.05) is 5.43 Å². The topological polar surface area (TPSA) is 79.0 Å². The first-order chi connectivity index (χ1) is 10.8. The highest BCUT2D eigenvalue weighted by molar-refractivity contribution is 6.06. The van der Waals surface area contributed by atoms with Crippen molar-refractivity contribution >= 4 is 5.78 Å². The van der Waals surface area contributed by atoms with Gasteiger partial charge in [-0.1, -0.05) is 60.7 Å². The highest BCUT2D eigenvalue weighted by Crippen LogP contribution is 2.03. The fourth-order valence-electron chi connectivity index (χ4n) is 2.07. The lowest BCUT2D eigenvalue weighted by Crippen LogP contribution is -2.52. The summed E-state index contributed by atoms with van der Waals surface area (Å²) in [5, 5.41) is 2.39. The number of benzene rings is 2. The van der Waals surface area contributed by atoms with E-state index in [9.17, 15) is 9.59 Å². The lowest BCUT2D eigenvalue weighted by molar-refractivity contribution is -0.722. The summed E-state index contributed by atoms with van der Waals surface area (Å²) in [5.41, 5.74) is 3.57. The van der Waals surface area contributed by atoms with Crippen molar-refractivity contribution < 1.29 is 14.1 Å². The van der Waals surface area contributed by atoms with Gasteiger partial charge >= 0.3 is 11.3 Å².